The van der Waals surface area contributed by atoms with Gasteiger partial charge in [0.1, 0.15) is 0 Å². The first kappa shape index (κ1) is 22.8. The van der Waals surface area contributed by atoms with Crippen molar-refractivity contribution in [3.05, 3.63) is 0 Å². The van der Waals surface area contributed by atoms with Crippen LogP contribution in [0.1, 0.15) is 103 Å². The van der Waals surface area contributed by atoms with Gasteiger partial charge in [-0.15, -0.1) is 0 Å². The Balaban J connectivity index is 3.02. The lowest BCUT2D eigenvalue weighted by Crippen LogP contribution is -2.21. The quantitative estimate of drug-likeness (QED) is 0.208. The molecule has 0 saturated heterocycles. The molecule has 0 atom stereocenters. The zero-order valence-corrected chi connectivity index (χ0v) is 16.0. The van der Waals surface area contributed by atoms with Crippen molar-refractivity contribution in [3.63, 3.8) is 0 Å². The van der Waals surface area contributed by atoms with Gasteiger partial charge in [-0.3, -0.25) is 14.5 Å². The van der Waals surface area contributed by atoms with E-state index in [1.54, 1.807) is 0 Å². The predicted molar refractivity (Wildman–Crippen MR) is 96.7 cm³/mol. The second-order valence-electron chi connectivity index (χ2n) is 6.37. The van der Waals surface area contributed by atoms with Gasteiger partial charge in [0.2, 0.25) is 0 Å². The van der Waals surface area contributed by atoms with E-state index < -0.39 is 0 Å². The highest BCUT2D eigenvalue weighted by atomic mass is 17.2. The summed E-state index contributed by atoms with van der Waals surface area (Å²) in [6, 6.07) is 0. The van der Waals surface area contributed by atoms with Gasteiger partial charge in [0, 0.05) is 0 Å². The Kier molecular flexibility index (Phi) is 19.7. The fraction of sp³-hybridized carbons (Fsp3) is 1.00. The van der Waals surface area contributed by atoms with Crippen LogP contribution in [0.25, 0.3) is 0 Å². The lowest BCUT2D eigenvalue weighted by molar-refractivity contribution is -0.510. The third kappa shape index (κ3) is 18.0. The van der Waals surface area contributed by atoms with Crippen LogP contribution < -0.4 is 0 Å². The van der Waals surface area contributed by atoms with E-state index in [0.717, 1.165) is 11.8 Å². The summed E-state index contributed by atoms with van der Waals surface area (Å²) in [5, 5.41) is 1.05. The van der Waals surface area contributed by atoms with E-state index in [9.17, 15) is 0 Å². The van der Waals surface area contributed by atoms with Gasteiger partial charge in [-0.1, -0.05) is 96.8 Å². The van der Waals surface area contributed by atoms with Crippen LogP contribution in [0.3, 0.4) is 0 Å². The number of unbranched alkanes of at least 4 members (excludes halogenated alkanes) is 14. The summed E-state index contributed by atoms with van der Waals surface area (Å²) in [6.45, 7) is 2.93. The second-order valence-corrected chi connectivity index (χ2v) is 6.37. The number of hydrogen-bond donors (Lipinski definition) is 0. The van der Waals surface area contributed by atoms with Crippen LogP contribution in [0.5, 0.6) is 0 Å². The minimum atomic E-state index is 0.653. The maximum atomic E-state index is 5.24. The molecule has 0 aromatic heterocycles. The Labute approximate surface area is 144 Å². The first-order valence-electron chi connectivity index (χ1n) is 9.86. The van der Waals surface area contributed by atoms with Crippen molar-refractivity contribution >= 4 is 0 Å². The lowest BCUT2D eigenvalue weighted by Gasteiger charge is -2.14. The van der Waals surface area contributed by atoms with Crippen LogP contribution in [0.15, 0.2) is 0 Å². The van der Waals surface area contributed by atoms with E-state index in [1.807, 2.05) is 0 Å². The molecule has 0 unspecified atom stereocenters. The average molecular weight is 332 g/mol. The molecule has 0 radical (unpaired) electrons. The molecule has 0 amide bonds. The first-order chi connectivity index (χ1) is 11.3. The molecule has 140 valence electrons. The highest BCUT2D eigenvalue weighted by Crippen LogP contribution is 2.13. The van der Waals surface area contributed by atoms with Gasteiger partial charge in [0.25, 0.3) is 0 Å². The van der Waals surface area contributed by atoms with Crippen LogP contribution in [0, 0.1) is 0 Å². The molecule has 0 saturated carbocycles. The van der Waals surface area contributed by atoms with E-state index in [1.165, 1.54) is 104 Å². The Bertz CT molecular complexity index is 211. The highest BCUT2D eigenvalue weighted by molar-refractivity contribution is 4.49. The average Bonchev–Trinajstić information content (AvgIpc) is 2.58. The molecule has 0 bridgehead atoms. The van der Waals surface area contributed by atoms with E-state index in [-0.39, 0.29) is 0 Å². The molecule has 0 aliphatic rings. The van der Waals surface area contributed by atoms with Crippen molar-refractivity contribution < 1.29 is 14.5 Å². The monoisotopic (exact) mass is 331 g/mol. The Hall–Kier alpha value is -0.160. The second kappa shape index (κ2) is 19.9. The molecule has 0 heterocycles. The van der Waals surface area contributed by atoms with Crippen molar-refractivity contribution in [3.8, 4) is 0 Å². The van der Waals surface area contributed by atoms with Crippen molar-refractivity contribution in [2.45, 2.75) is 103 Å². The largest absolute Gasteiger partial charge is 0.254 e. The normalized spacial score (nSPS) is 11.5. The maximum Gasteiger partial charge on any atom is 0.0761 e. The Morgan fingerprint density at radius 2 is 0.870 bits per heavy atom. The molecule has 0 fully saturated rings. The van der Waals surface area contributed by atoms with Gasteiger partial charge >= 0.3 is 0 Å². The number of hydrogen-bond acceptors (Lipinski definition) is 4. The molecule has 4 nitrogen and oxygen atoms in total. The number of nitrogens with zero attached hydrogens (tertiary/aromatic N) is 1. The molecule has 0 spiro atoms. The molecule has 0 aliphatic carbocycles. The number of rotatable bonds is 19. The molecular formula is C19H41NO3. The van der Waals surface area contributed by atoms with Crippen LogP contribution in [-0.2, 0) is 14.5 Å². The standard InChI is InChI=1S/C19H41NO3/c1-4-5-6-7-8-9-10-11-12-13-14-15-16-17-18-19-23-20(21-2)22-3/h4-19H2,1-3H3. The fourth-order valence-corrected chi connectivity index (χ4v) is 2.79. The predicted octanol–water partition coefficient (Wildman–Crippen LogP) is 6.21. The van der Waals surface area contributed by atoms with Crippen molar-refractivity contribution in [1.82, 2.24) is 5.39 Å². The minimum Gasteiger partial charge on any atom is -0.254 e. The molecule has 23 heavy (non-hydrogen) atoms. The molecule has 0 N–H and O–H groups in total. The highest BCUT2D eigenvalue weighted by Gasteiger charge is 2.00. The smallest absolute Gasteiger partial charge is 0.0761 e. The van der Waals surface area contributed by atoms with Crippen LogP contribution in [-0.4, -0.2) is 26.2 Å². The topological polar surface area (TPSA) is 30.9 Å². The van der Waals surface area contributed by atoms with Crippen molar-refractivity contribution in [2.75, 3.05) is 20.8 Å². The molecule has 0 aromatic carbocycles. The molecule has 4 heteroatoms. The molecule has 0 aliphatic heterocycles. The van der Waals surface area contributed by atoms with Crippen LogP contribution >= 0.6 is 0 Å². The molecule has 0 rings (SSSR count). The Morgan fingerprint density at radius 1 is 0.522 bits per heavy atom. The maximum absolute atomic E-state index is 5.24. The molecular weight excluding hydrogens is 290 g/mol. The van der Waals surface area contributed by atoms with Gasteiger partial charge < -0.3 is 0 Å². The van der Waals surface area contributed by atoms with Crippen LogP contribution in [0.4, 0.5) is 0 Å². The SMILES string of the molecule is CCCCCCCCCCCCCCCCCON(OC)OC. The summed E-state index contributed by atoms with van der Waals surface area (Å²) in [5.41, 5.74) is 0. The first-order valence-corrected chi connectivity index (χ1v) is 9.86. The zero-order chi connectivity index (χ0) is 17.0. The van der Waals surface area contributed by atoms with Gasteiger partial charge in [-0.05, 0) is 6.42 Å². The van der Waals surface area contributed by atoms with E-state index in [0.29, 0.717) is 6.61 Å². The summed E-state index contributed by atoms with van der Waals surface area (Å²) < 4.78 is 0. The summed E-state index contributed by atoms with van der Waals surface area (Å²) in [7, 11) is 3.05. The van der Waals surface area contributed by atoms with E-state index in [4.69, 9.17) is 14.5 Å². The van der Waals surface area contributed by atoms with E-state index in [2.05, 4.69) is 6.92 Å². The summed E-state index contributed by atoms with van der Waals surface area (Å²) >= 11 is 0. The summed E-state index contributed by atoms with van der Waals surface area (Å²) in [4.78, 5) is 14.9. The van der Waals surface area contributed by atoms with Gasteiger partial charge in [-0.25, -0.2) is 0 Å². The third-order valence-electron chi connectivity index (χ3n) is 4.24. The fourth-order valence-electron chi connectivity index (χ4n) is 2.79. The van der Waals surface area contributed by atoms with Gasteiger partial charge in [-0.2, -0.15) is 0 Å². The van der Waals surface area contributed by atoms with Crippen LogP contribution in [0.2, 0.25) is 0 Å². The minimum absolute atomic E-state index is 0.653. The van der Waals surface area contributed by atoms with Gasteiger partial charge in [0.15, 0.2) is 0 Å². The third-order valence-corrected chi connectivity index (χ3v) is 4.24. The summed E-state index contributed by atoms with van der Waals surface area (Å²) in [6.07, 6.45) is 20.6. The lowest BCUT2D eigenvalue weighted by atomic mass is 10.0. The Morgan fingerprint density at radius 3 is 1.22 bits per heavy atom. The van der Waals surface area contributed by atoms with E-state index >= 15 is 0 Å². The zero-order valence-electron chi connectivity index (χ0n) is 16.0. The summed E-state index contributed by atoms with van der Waals surface area (Å²) in [5.74, 6) is 0. The van der Waals surface area contributed by atoms with Gasteiger partial charge in [0.05, 0.1) is 26.2 Å². The van der Waals surface area contributed by atoms with Crippen molar-refractivity contribution in [1.29, 1.82) is 0 Å². The van der Waals surface area contributed by atoms with Crippen molar-refractivity contribution in [2.24, 2.45) is 0 Å². The molecule has 0 aromatic rings.